The van der Waals surface area contributed by atoms with Crippen LogP contribution < -0.4 is 0 Å². The molecule has 0 N–H and O–H groups in total. The summed E-state index contributed by atoms with van der Waals surface area (Å²) >= 11 is 0. The SMILES string of the molecule is Cc1ccccc1-c1ccc(-c2nc(-c3ccc(C(C)N(C)CC(=O)OC(C)(C)C)cc3)no2)cc1C(F)(F)F. The molecule has 210 valence electrons. The van der Waals surface area contributed by atoms with Gasteiger partial charge in [0.15, 0.2) is 0 Å². The van der Waals surface area contributed by atoms with Crippen LogP contribution in [0.2, 0.25) is 0 Å². The second kappa shape index (κ2) is 11.3. The van der Waals surface area contributed by atoms with Gasteiger partial charge in [0, 0.05) is 17.2 Å². The third kappa shape index (κ3) is 6.77. The van der Waals surface area contributed by atoms with Crippen LogP contribution in [0.4, 0.5) is 13.2 Å². The van der Waals surface area contributed by atoms with Crippen molar-refractivity contribution in [2.75, 3.05) is 13.6 Å². The van der Waals surface area contributed by atoms with Crippen LogP contribution in [0, 0.1) is 6.92 Å². The lowest BCUT2D eigenvalue weighted by atomic mass is 9.94. The molecule has 0 bridgehead atoms. The molecule has 0 aliphatic heterocycles. The summed E-state index contributed by atoms with van der Waals surface area (Å²) in [4.78, 5) is 18.4. The fraction of sp³-hybridized carbons (Fsp3) is 0.323. The molecule has 0 amide bonds. The number of esters is 1. The van der Waals surface area contributed by atoms with E-state index in [0.29, 0.717) is 11.1 Å². The minimum atomic E-state index is -4.57. The van der Waals surface area contributed by atoms with Crippen LogP contribution in [-0.2, 0) is 15.7 Å². The molecule has 1 heterocycles. The van der Waals surface area contributed by atoms with Gasteiger partial charge in [0.05, 0.1) is 12.1 Å². The van der Waals surface area contributed by atoms with E-state index in [1.165, 1.54) is 6.07 Å². The number of alkyl halides is 3. The fourth-order valence-electron chi connectivity index (χ4n) is 4.36. The Morgan fingerprint density at radius 3 is 2.25 bits per heavy atom. The quantitative estimate of drug-likeness (QED) is 0.219. The van der Waals surface area contributed by atoms with Gasteiger partial charge in [-0.3, -0.25) is 9.69 Å². The van der Waals surface area contributed by atoms with Gasteiger partial charge >= 0.3 is 12.1 Å². The van der Waals surface area contributed by atoms with Gasteiger partial charge in [-0.25, -0.2) is 0 Å². The number of halogens is 3. The number of aryl methyl sites for hydroxylation is 1. The Bertz CT molecular complexity index is 1490. The number of benzene rings is 3. The summed E-state index contributed by atoms with van der Waals surface area (Å²) < 4.78 is 52.9. The maximum absolute atomic E-state index is 14.0. The Morgan fingerprint density at radius 1 is 0.975 bits per heavy atom. The number of nitrogens with zero attached hydrogens (tertiary/aromatic N) is 3. The van der Waals surface area contributed by atoms with Gasteiger partial charge in [-0.1, -0.05) is 59.8 Å². The summed E-state index contributed by atoms with van der Waals surface area (Å²) in [6.45, 7) is 9.37. The number of carbonyl (C=O) groups excluding carboxylic acids is 1. The molecular formula is C31H32F3N3O3. The number of ether oxygens (including phenoxy) is 1. The molecule has 6 nitrogen and oxygen atoms in total. The number of hydrogen-bond donors (Lipinski definition) is 0. The van der Waals surface area contributed by atoms with Crippen molar-refractivity contribution in [3.05, 3.63) is 83.4 Å². The predicted molar refractivity (Wildman–Crippen MR) is 147 cm³/mol. The molecule has 1 unspecified atom stereocenters. The second-order valence-corrected chi connectivity index (χ2v) is 10.8. The maximum atomic E-state index is 14.0. The average Bonchev–Trinajstić information content (AvgIpc) is 3.37. The standard InChI is InChI=1S/C31H32F3N3O3/c1-19-9-7-8-10-24(19)25-16-15-23(17-26(25)31(32,33)34)29-35-28(36-40-29)22-13-11-21(12-14-22)20(2)37(6)18-27(38)39-30(3,4)5/h7-17,20H,18H2,1-6H3. The smallest absolute Gasteiger partial charge is 0.417 e. The van der Waals surface area contributed by atoms with Crippen molar-refractivity contribution in [2.24, 2.45) is 0 Å². The molecule has 0 spiro atoms. The van der Waals surface area contributed by atoms with Crippen molar-refractivity contribution >= 4 is 5.97 Å². The summed E-state index contributed by atoms with van der Waals surface area (Å²) in [7, 11) is 1.84. The van der Waals surface area contributed by atoms with Gasteiger partial charge in [0.25, 0.3) is 5.89 Å². The van der Waals surface area contributed by atoms with Crippen LogP contribution in [0.25, 0.3) is 34.0 Å². The number of aromatic nitrogens is 2. The molecule has 0 saturated carbocycles. The topological polar surface area (TPSA) is 68.5 Å². The number of likely N-dealkylation sites (N-methyl/N-ethyl adjacent to an activating group) is 1. The van der Waals surface area contributed by atoms with Crippen molar-refractivity contribution in [1.29, 1.82) is 0 Å². The molecule has 9 heteroatoms. The first-order valence-electron chi connectivity index (χ1n) is 12.9. The van der Waals surface area contributed by atoms with E-state index >= 15 is 0 Å². The highest BCUT2D eigenvalue weighted by atomic mass is 19.4. The Hall–Kier alpha value is -3.98. The van der Waals surface area contributed by atoms with Gasteiger partial charge in [-0.2, -0.15) is 18.2 Å². The molecule has 1 aromatic heterocycles. The van der Waals surface area contributed by atoms with Crippen LogP contribution in [0.3, 0.4) is 0 Å². The van der Waals surface area contributed by atoms with Crippen molar-refractivity contribution in [1.82, 2.24) is 15.0 Å². The highest BCUT2D eigenvalue weighted by molar-refractivity contribution is 5.75. The fourth-order valence-corrected chi connectivity index (χ4v) is 4.36. The van der Waals surface area contributed by atoms with Crippen molar-refractivity contribution in [3.8, 4) is 34.0 Å². The Kier molecular flexibility index (Phi) is 8.16. The molecule has 4 rings (SSSR count). The van der Waals surface area contributed by atoms with Gasteiger partial charge < -0.3 is 9.26 Å². The number of carbonyl (C=O) groups is 1. The lowest BCUT2D eigenvalue weighted by Crippen LogP contribution is -2.34. The van der Waals surface area contributed by atoms with Gasteiger partial charge in [-0.15, -0.1) is 0 Å². The predicted octanol–water partition coefficient (Wildman–Crippen LogP) is 7.73. The molecule has 40 heavy (non-hydrogen) atoms. The van der Waals surface area contributed by atoms with Crippen LogP contribution in [0.5, 0.6) is 0 Å². The van der Waals surface area contributed by atoms with E-state index in [9.17, 15) is 18.0 Å². The molecule has 3 aromatic carbocycles. The van der Waals surface area contributed by atoms with Crippen molar-refractivity contribution in [2.45, 2.75) is 52.4 Å². The zero-order valence-electron chi connectivity index (χ0n) is 23.3. The third-order valence-electron chi connectivity index (χ3n) is 6.54. The van der Waals surface area contributed by atoms with E-state index in [-0.39, 0.29) is 41.4 Å². The third-order valence-corrected chi connectivity index (χ3v) is 6.54. The van der Waals surface area contributed by atoms with Gasteiger partial charge in [0.1, 0.15) is 5.60 Å². The Morgan fingerprint density at radius 2 is 1.62 bits per heavy atom. The number of rotatable bonds is 7. The molecule has 0 aliphatic carbocycles. The summed E-state index contributed by atoms with van der Waals surface area (Å²) in [6, 6.07) is 18.3. The minimum absolute atomic E-state index is 0.00799. The average molecular weight is 552 g/mol. The zero-order chi connectivity index (χ0) is 29.2. The van der Waals surface area contributed by atoms with E-state index in [0.717, 1.165) is 17.2 Å². The van der Waals surface area contributed by atoms with Crippen molar-refractivity contribution in [3.63, 3.8) is 0 Å². The van der Waals surface area contributed by atoms with Crippen LogP contribution in [-0.4, -0.2) is 40.2 Å². The molecule has 0 saturated heterocycles. The van der Waals surface area contributed by atoms with Crippen LogP contribution in [0.1, 0.15) is 50.4 Å². The van der Waals surface area contributed by atoms with E-state index < -0.39 is 17.3 Å². The maximum Gasteiger partial charge on any atom is 0.417 e. The van der Waals surface area contributed by atoms with E-state index in [4.69, 9.17) is 9.26 Å². The molecule has 1 atom stereocenters. The Labute approximate surface area is 231 Å². The molecule has 0 fully saturated rings. The van der Waals surface area contributed by atoms with E-state index in [2.05, 4.69) is 10.1 Å². The summed E-state index contributed by atoms with van der Waals surface area (Å²) in [5.41, 5.74) is 1.81. The normalized spacial score (nSPS) is 12.9. The largest absolute Gasteiger partial charge is 0.459 e. The summed E-state index contributed by atoms with van der Waals surface area (Å²) in [5.74, 6) is -0.0577. The summed E-state index contributed by atoms with van der Waals surface area (Å²) in [5, 5.41) is 3.99. The first kappa shape index (κ1) is 29.0. The first-order valence-corrected chi connectivity index (χ1v) is 12.9. The minimum Gasteiger partial charge on any atom is -0.459 e. The van der Waals surface area contributed by atoms with E-state index in [1.807, 2.05) is 63.9 Å². The second-order valence-electron chi connectivity index (χ2n) is 10.8. The lowest BCUT2D eigenvalue weighted by Gasteiger charge is -2.26. The molecule has 0 aliphatic rings. The molecule has 0 radical (unpaired) electrons. The highest BCUT2D eigenvalue weighted by Gasteiger charge is 2.35. The van der Waals surface area contributed by atoms with E-state index in [1.54, 1.807) is 37.3 Å². The zero-order valence-corrected chi connectivity index (χ0v) is 23.3. The first-order chi connectivity index (χ1) is 18.7. The molecular weight excluding hydrogens is 519 g/mol. The highest BCUT2D eigenvalue weighted by Crippen LogP contribution is 2.40. The molecule has 4 aromatic rings. The lowest BCUT2D eigenvalue weighted by molar-refractivity contribution is -0.156. The monoisotopic (exact) mass is 551 g/mol. The summed E-state index contributed by atoms with van der Waals surface area (Å²) in [6.07, 6.45) is -4.57. The van der Waals surface area contributed by atoms with Crippen LogP contribution >= 0.6 is 0 Å². The van der Waals surface area contributed by atoms with Gasteiger partial charge in [0.2, 0.25) is 5.82 Å². The Balaban J connectivity index is 1.54. The van der Waals surface area contributed by atoms with Crippen molar-refractivity contribution < 1.29 is 27.2 Å². The van der Waals surface area contributed by atoms with Gasteiger partial charge in [-0.05, 0) is 76.1 Å². The van der Waals surface area contributed by atoms with Crippen LogP contribution in [0.15, 0.2) is 71.3 Å². The number of hydrogen-bond acceptors (Lipinski definition) is 6.